The van der Waals surface area contributed by atoms with Crippen molar-refractivity contribution >= 4 is 5.97 Å². The van der Waals surface area contributed by atoms with Crippen molar-refractivity contribution in [1.82, 2.24) is 0 Å². The molecule has 0 aromatic carbocycles. The van der Waals surface area contributed by atoms with E-state index in [-0.39, 0.29) is 17.5 Å². The van der Waals surface area contributed by atoms with Crippen molar-refractivity contribution in [2.24, 2.45) is 56.7 Å². The van der Waals surface area contributed by atoms with Crippen LogP contribution in [0, 0.1) is 56.7 Å². The lowest BCUT2D eigenvalue weighted by Gasteiger charge is -2.73. The van der Waals surface area contributed by atoms with E-state index in [0.29, 0.717) is 34.0 Å². The molecule has 5 fully saturated rings. The molecule has 0 N–H and O–H groups in total. The molecular formula is C46H80O2. The molecule has 5 saturated carbocycles. The molecule has 5 aliphatic rings. The largest absolute Gasteiger partial charge is 0.462 e. The molecule has 48 heavy (non-hydrogen) atoms. The summed E-state index contributed by atoms with van der Waals surface area (Å²) in [4.78, 5) is 13.2. The lowest BCUT2D eigenvalue weighted by atomic mass is 9.32. The molecule has 0 spiro atoms. The van der Waals surface area contributed by atoms with Crippen molar-refractivity contribution in [3.05, 3.63) is 12.2 Å². The molecule has 0 aromatic rings. The zero-order valence-corrected chi connectivity index (χ0v) is 33.5. The summed E-state index contributed by atoms with van der Waals surface area (Å²) >= 11 is 0. The fourth-order valence-electron chi connectivity index (χ4n) is 14.5. The van der Waals surface area contributed by atoms with Gasteiger partial charge in [0.15, 0.2) is 0 Å². The van der Waals surface area contributed by atoms with Gasteiger partial charge in [0, 0.05) is 11.8 Å². The summed E-state index contributed by atoms with van der Waals surface area (Å²) in [5.41, 5.74) is 3.16. The maximum atomic E-state index is 13.2. The summed E-state index contributed by atoms with van der Waals surface area (Å²) in [5.74, 6) is 3.95. The van der Waals surface area contributed by atoms with Gasteiger partial charge in [0.2, 0.25) is 0 Å². The number of esters is 1. The summed E-state index contributed by atoms with van der Waals surface area (Å²) in [6, 6.07) is 0. The molecule has 0 saturated heterocycles. The summed E-state index contributed by atoms with van der Waals surface area (Å²) in [6.07, 6.45) is 31.5. The van der Waals surface area contributed by atoms with Crippen LogP contribution in [0.2, 0.25) is 0 Å². The molecule has 0 bridgehead atoms. The van der Waals surface area contributed by atoms with Gasteiger partial charge in [0.1, 0.15) is 6.10 Å². The van der Waals surface area contributed by atoms with E-state index in [2.05, 4.69) is 62.0 Å². The van der Waals surface area contributed by atoms with Crippen LogP contribution in [-0.2, 0) is 9.53 Å². The Morgan fingerprint density at radius 2 is 1.10 bits per heavy atom. The maximum absolute atomic E-state index is 13.2. The van der Waals surface area contributed by atoms with Crippen LogP contribution in [-0.4, -0.2) is 12.1 Å². The van der Waals surface area contributed by atoms with Gasteiger partial charge in [-0.1, -0.05) is 138 Å². The molecule has 2 nitrogen and oxygen atoms in total. The maximum Gasteiger partial charge on any atom is 0.306 e. The Morgan fingerprint density at radius 1 is 0.604 bits per heavy atom. The SMILES string of the molecule is C=C(C)[C@H]1CC[C@@]2(C)C1CC[C@]1(C)C2CCC2[C@@]3(C)CC[C@H](OC(=O)CCCCCCCCCCCCCCC)C(C)(C)C3CC[C@]21C. The van der Waals surface area contributed by atoms with Gasteiger partial charge in [0.05, 0.1) is 0 Å². The number of carbonyl (C=O) groups excluding carboxylic acids is 1. The van der Waals surface area contributed by atoms with Gasteiger partial charge in [-0.3, -0.25) is 4.79 Å². The first kappa shape index (κ1) is 38.4. The van der Waals surface area contributed by atoms with E-state index in [1.807, 2.05) is 0 Å². The first-order valence-electron chi connectivity index (χ1n) is 21.6. The van der Waals surface area contributed by atoms with Crippen LogP contribution in [0.4, 0.5) is 0 Å². The molecule has 0 aliphatic heterocycles. The van der Waals surface area contributed by atoms with Crippen LogP contribution in [0.5, 0.6) is 0 Å². The first-order valence-corrected chi connectivity index (χ1v) is 21.6. The molecule has 10 atom stereocenters. The van der Waals surface area contributed by atoms with E-state index in [9.17, 15) is 4.79 Å². The highest BCUT2D eigenvalue weighted by molar-refractivity contribution is 5.69. The lowest BCUT2D eigenvalue weighted by Crippen LogP contribution is -2.67. The normalized spacial score (nSPS) is 41.5. The minimum Gasteiger partial charge on any atom is -0.462 e. The highest BCUT2D eigenvalue weighted by Gasteiger charge is 2.71. The zero-order valence-electron chi connectivity index (χ0n) is 33.5. The Bertz CT molecular complexity index is 1090. The van der Waals surface area contributed by atoms with Gasteiger partial charge in [0.25, 0.3) is 0 Å². The minimum absolute atomic E-state index is 0.0432. The van der Waals surface area contributed by atoms with Crippen molar-refractivity contribution < 1.29 is 9.53 Å². The van der Waals surface area contributed by atoms with E-state index in [1.54, 1.807) is 0 Å². The average molecular weight is 665 g/mol. The van der Waals surface area contributed by atoms with Crippen molar-refractivity contribution in [2.75, 3.05) is 0 Å². The van der Waals surface area contributed by atoms with Gasteiger partial charge in [-0.15, -0.1) is 0 Å². The monoisotopic (exact) mass is 665 g/mol. The molecule has 0 aromatic heterocycles. The van der Waals surface area contributed by atoms with Crippen LogP contribution in [0.3, 0.4) is 0 Å². The molecular weight excluding hydrogens is 585 g/mol. The second-order valence-corrected chi connectivity index (χ2v) is 20.1. The first-order chi connectivity index (χ1) is 22.8. The minimum atomic E-state index is 0.0432. The number of rotatable bonds is 16. The summed E-state index contributed by atoms with van der Waals surface area (Å²) in [5, 5.41) is 0. The van der Waals surface area contributed by atoms with Crippen LogP contribution < -0.4 is 0 Å². The van der Waals surface area contributed by atoms with Gasteiger partial charge in [-0.05, 0) is 129 Å². The van der Waals surface area contributed by atoms with E-state index in [0.717, 1.165) is 36.5 Å². The van der Waals surface area contributed by atoms with Crippen LogP contribution >= 0.6 is 0 Å². The topological polar surface area (TPSA) is 26.3 Å². The number of unbranched alkanes of at least 4 members (excludes halogenated alkanes) is 12. The van der Waals surface area contributed by atoms with E-state index in [4.69, 9.17) is 4.74 Å². The third-order valence-corrected chi connectivity index (χ3v) is 17.3. The number of hydrogen-bond donors (Lipinski definition) is 0. The number of allylic oxidation sites excluding steroid dienone is 1. The highest BCUT2D eigenvalue weighted by Crippen LogP contribution is 2.78. The van der Waals surface area contributed by atoms with Crippen molar-refractivity contribution in [3.63, 3.8) is 0 Å². The molecule has 2 heteroatoms. The summed E-state index contributed by atoms with van der Waals surface area (Å²) < 4.78 is 6.42. The predicted molar refractivity (Wildman–Crippen MR) is 205 cm³/mol. The molecule has 0 amide bonds. The zero-order chi connectivity index (χ0) is 34.8. The number of ether oxygens (including phenoxy) is 1. The van der Waals surface area contributed by atoms with E-state index < -0.39 is 0 Å². The molecule has 5 rings (SSSR count). The Labute approximate surface area is 299 Å². The second-order valence-electron chi connectivity index (χ2n) is 20.1. The molecule has 0 heterocycles. The number of fused-ring (bicyclic) bond motifs is 7. The van der Waals surface area contributed by atoms with Crippen molar-refractivity contribution in [3.8, 4) is 0 Å². The van der Waals surface area contributed by atoms with E-state index in [1.165, 1.54) is 140 Å². The van der Waals surface area contributed by atoms with Gasteiger partial charge >= 0.3 is 5.97 Å². The Hall–Kier alpha value is -0.790. The van der Waals surface area contributed by atoms with Crippen molar-refractivity contribution in [1.29, 1.82) is 0 Å². The number of hydrogen-bond acceptors (Lipinski definition) is 2. The van der Waals surface area contributed by atoms with Gasteiger partial charge < -0.3 is 4.74 Å². The third-order valence-electron chi connectivity index (χ3n) is 17.3. The molecule has 276 valence electrons. The summed E-state index contributed by atoms with van der Waals surface area (Å²) in [6.45, 7) is 24.9. The van der Waals surface area contributed by atoms with Crippen LogP contribution in [0.1, 0.15) is 209 Å². The fourth-order valence-corrected chi connectivity index (χ4v) is 14.5. The smallest absolute Gasteiger partial charge is 0.306 e. The number of carbonyl (C=O) groups is 1. The van der Waals surface area contributed by atoms with Crippen molar-refractivity contribution in [2.45, 2.75) is 216 Å². The Kier molecular flexibility index (Phi) is 12.4. The third kappa shape index (κ3) is 7.02. The van der Waals surface area contributed by atoms with Gasteiger partial charge in [-0.2, -0.15) is 0 Å². The van der Waals surface area contributed by atoms with Crippen LogP contribution in [0.25, 0.3) is 0 Å². The summed E-state index contributed by atoms with van der Waals surface area (Å²) in [7, 11) is 0. The highest BCUT2D eigenvalue weighted by atomic mass is 16.5. The fraction of sp³-hybridized carbons (Fsp3) is 0.935. The Morgan fingerprint density at radius 3 is 1.67 bits per heavy atom. The molecule has 0 radical (unpaired) electrons. The predicted octanol–water partition coefficient (Wildman–Crippen LogP) is 14.1. The quantitative estimate of drug-likeness (QED) is 0.0932. The Balaban J connectivity index is 1.10. The average Bonchev–Trinajstić information content (AvgIpc) is 3.38. The van der Waals surface area contributed by atoms with E-state index >= 15 is 0 Å². The standard InChI is InChI=1S/C46H80O2/c1-10-11-12-13-14-15-16-17-18-19-20-21-22-23-41(47)48-40-29-31-44(7)37(42(40,4)5)28-33-46(9)39(44)25-24-38-43(6)30-26-35(34(2)3)36(43)27-32-45(38,46)8/h35-40H,2,10-33H2,1,3-9H3/t35-,36?,37?,38?,39?,40+,43+,44+,45-,46-/m1/s1. The second kappa shape index (κ2) is 15.4. The van der Waals surface area contributed by atoms with Crippen LogP contribution in [0.15, 0.2) is 12.2 Å². The lowest BCUT2D eigenvalue weighted by molar-refractivity contribution is -0.253. The molecule has 4 unspecified atom stereocenters. The molecule has 5 aliphatic carbocycles. The van der Waals surface area contributed by atoms with Gasteiger partial charge in [-0.25, -0.2) is 0 Å².